The third-order valence-electron chi connectivity index (χ3n) is 4.15. The third kappa shape index (κ3) is 7.03. The fraction of sp³-hybridized carbons (Fsp3) is 0.579. The summed E-state index contributed by atoms with van der Waals surface area (Å²) in [7, 11) is 0. The first-order valence-electron chi connectivity index (χ1n) is 8.84. The Labute approximate surface area is 149 Å². The minimum atomic E-state index is -0.469. The van der Waals surface area contributed by atoms with Crippen LogP contribution in [0.25, 0.3) is 0 Å². The smallest absolute Gasteiger partial charge is 0.407 e. The van der Waals surface area contributed by atoms with Crippen LogP contribution >= 0.6 is 0 Å². The second-order valence-corrected chi connectivity index (χ2v) is 7.68. The van der Waals surface area contributed by atoms with Gasteiger partial charge >= 0.3 is 6.09 Å². The number of ether oxygens (including phenoxy) is 1. The quantitative estimate of drug-likeness (QED) is 0.763. The number of alkyl carbamates (subject to hydrolysis) is 1. The summed E-state index contributed by atoms with van der Waals surface area (Å²) >= 11 is 0. The van der Waals surface area contributed by atoms with E-state index in [1.807, 2.05) is 45.0 Å². The molecule has 4 N–H and O–H groups in total. The van der Waals surface area contributed by atoms with Gasteiger partial charge in [0.25, 0.3) is 0 Å². The molecular formula is C19H29N3O3. The predicted octanol–water partition coefficient (Wildman–Crippen LogP) is 2.96. The predicted molar refractivity (Wildman–Crippen MR) is 98.4 cm³/mol. The normalized spacial score (nSPS) is 20.6. The summed E-state index contributed by atoms with van der Waals surface area (Å²) in [4.78, 5) is 22.7. The van der Waals surface area contributed by atoms with Gasteiger partial charge in [0.1, 0.15) is 5.60 Å². The molecule has 2 amide bonds. The topological polar surface area (TPSA) is 93.4 Å². The van der Waals surface area contributed by atoms with E-state index in [2.05, 4.69) is 10.6 Å². The number of nitrogens with one attached hydrogen (secondary N) is 2. The molecule has 0 heterocycles. The van der Waals surface area contributed by atoms with E-state index in [0.29, 0.717) is 6.04 Å². The Morgan fingerprint density at radius 1 is 1.08 bits per heavy atom. The first-order valence-corrected chi connectivity index (χ1v) is 8.84. The number of hydrogen-bond acceptors (Lipinski definition) is 4. The minimum absolute atomic E-state index is 0.172. The molecule has 0 aromatic heterocycles. The number of carbonyl (C=O) groups is 2. The molecule has 0 unspecified atom stereocenters. The van der Waals surface area contributed by atoms with Crippen LogP contribution in [0.3, 0.4) is 0 Å². The number of nitrogens with two attached hydrogens (primary N) is 1. The largest absolute Gasteiger partial charge is 0.444 e. The van der Waals surface area contributed by atoms with Gasteiger partial charge in [0.05, 0.1) is 6.42 Å². The van der Waals surface area contributed by atoms with E-state index < -0.39 is 5.60 Å². The second kappa shape index (κ2) is 8.23. The molecule has 2 rings (SSSR count). The van der Waals surface area contributed by atoms with Crippen LogP contribution in [0.5, 0.6) is 0 Å². The summed E-state index contributed by atoms with van der Waals surface area (Å²) in [6.07, 6.45) is 3.76. The van der Waals surface area contributed by atoms with Gasteiger partial charge in [-0.1, -0.05) is 12.1 Å². The molecule has 0 spiro atoms. The van der Waals surface area contributed by atoms with Gasteiger partial charge in [0, 0.05) is 17.8 Å². The zero-order chi connectivity index (χ0) is 18.4. The molecule has 1 aliphatic rings. The Balaban J connectivity index is 1.75. The van der Waals surface area contributed by atoms with Gasteiger partial charge < -0.3 is 21.1 Å². The summed E-state index contributed by atoms with van der Waals surface area (Å²) in [5.41, 5.74) is 6.69. The average Bonchev–Trinajstić information content (AvgIpc) is 2.49. The standard InChI is InChI=1S/C19H29N3O3/c1-19(2,3)25-18(24)22-16-10-8-15(9-11-16)21-14-6-4-13(5-7-14)12-17(20)23/h4-7,15-16,21H,8-12H2,1-3H3,(H2,20,23)(H,22,24). The van der Waals surface area contributed by atoms with Gasteiger partial charge in [-0.05, 0) is 64.2 Å². The van der Waals surface area contributed by atoms with Crippen molar-refractivity contribution in [1.82, 2.24) is 5.32 Å². The van der Waals surface area contributed by atoms with Crippen molar-refractivity contribution in [2.45, 2.75) is 70.6 Å². The molecule has 1 aliphatic carbocycles. The first-order chi connectivity index (χ1) is 11.7. The fourth-order valence-electron chi connectivity index (χ4n) is 3.01. The van der Waals surface area contributed by atoms with E-state index in [1.165, 1.54) is 0 Å². The van der Waals surface area contributed by atoms with Crippen LogP contribution in [-0.2, 0) is 16.0 Å². The Bertz CT molecular complexity index is 585. The van der Waals surface area contributed by atoms with Crippen molar-refractivity contribution in [3.8, 4) is 0 Å². The molecule has 0 bridgehead atoms. The highest BCUT2D eigenvalue weighted by atomic mass is 16.6. The van der Waals surface area contributed by atoms with Gasteiger partial charge in [0.15, 0.2) is 0 Å². The van der Waals surface area contributed by atoms with Gasteiger partial charge in [0.2, 0.25) is 5.91 Å². The molecule has 0 radical (unpaired) electrons. The molecule has 6 nitrogen and oxygen atoms in total. The van der Waals surface area contributed by atoms with E-state index in [1.54, 1.807) is 0 Å². The van der Waals surface area contributed by atoms with Crippen molar-refractivity contribution in [1.29, 1.82) is 0 Å². The SMILES string of the molecule is CC(C)(C)OC(=O)NC1CCC(Nc2ccc(CC(N)=O)cc2)CC1. The lowest BCUT2D eigenvalue weighted by Gasteiger charge is -2.31. The molecule has 0 saturated heterocycles. The number of anilines is 1. The summed E-state index contributed by atoms with van der Waals surface area (Å²) in [5.74, 6) is -0.323. The number of hydrogen-bond donors (Lipinski definition) is 3. The number of carbonyl (C=O) groups excluding carboxylic acids is 2. The molecule has 1 fully saturated rings. The van der Waals surface area contributed by atoms with Crippen LogP contribution in [0.2, 0.25) is 0 Å². The van der Waals surface area contributed by atoms with Crippen molar-refractivity contribution in [3.05, 3.63) is 29.8 Å². The van der Waals surface area contributed by atoms with Gasteiger partial charge in [-0.15, -0.1) is 0 Å². The van der Waals surface area contributed by atoms with Crippen molar-refractivity contribution < 1.29 is 14.3 Å². The molecule has 0 atom stereocenters. The van der Waals surface area contributed by atoms with Crippen molar-refractivity contribution >= 4 is 17.7 Å². The second-order valence-electron chi connectivity index (χ2n) is 7.68. The Kier molecular flexibility index (Phi) is 6.28. The van der Waals surface area contributed by atoms with Crippen molar-refractivity contribution in [2.24, 2.45) is 5.73 Å². The van der Waals surface area contributed by atoms with E-state index in [-0.39, 0.29) is 24.5 Å². The van der Waals surface area contributed by atoms with Crippen LogP contribution in [0.4, 0.5) is 10.5 Å². The molecule has 6 heteroatoms. The number of primary amides is 1. The van der Waals surface area contributed by atoms with E-state index >= 15 is 0 Å². The first kappa shape index (κ1) is 19.1. The molecule has 138 valence electrons. The van der Waals surface area contributed by atoms with Gasteiger partial charge in [-0.3, -0.25) is 4.79 Å². The number of rotatable bonds is 5. The van der Waals surface area contributed by atoms with Crippen LogP contribution in [-0.4, -0.2) is 29.7 Å². The van der Waals surface area contributed by atoms with Gasteiger partial charge in [-0.2, -0.15) is 0 Å². The minimum Gasteiger partial charge on any atom is -0.444 e. The van der Waals surface area contributed by atoms with E-state index in [0.717, 1.165) is 36.9 Å². The zero-order valence-electron chi connectivity index (χ0n) is 15.3. The van der Waals surface area contributed by atoms with Crippen LogP contribution in [0.1, 0.15) is 52.0 Å². The maximum Gasteiger partial charge on any atom is 0.407 e. The lowest BCUT2D eigenvalue weighted by atomic mass is 9.91. The summed E-state index contributed by atoms with van der Waals surface area (Å²) in [5, 5.41) is 6.47. The van der Waals surface area contributed by atoms with Crippen LogP contribution < -0.4 is 16.4 Å². The third-order valence-corrected chi connectivity index (χ3v) is 4.15. The Morgan fingerprint density at radius 2 is 1.64 bits per heavy atom. The summed E-state index contributed by atoms with van der Waals surface area (Å²) < 4.78 is 5.30. The highest BCUT2D eigenvalue weighted by Crippen LogP contribution is 2.23. The zero-order valence-corrected chi connectivity index (χ0v) is 15.3. The van der Waals surface area contributed by atoms with E-state index in [9.17, 15) is 9.59 Å². The highest BCUT2D eigenvalue weighted by Gasteiger charge is 2.24. The summed E-state index contributed by atoms with van der Waals surface area (Å²) in [6.45, 7) is 5.59. The molecule has 1 aromatic carbocycles. The van der Waals surface area contributed by atoms with Crippen LogP contribution in [0.15, 0.2) is 24.3 Å². The molecule has 0 aliphatic heterocycles. The Hall–Kier alpha value is -2.24. The van der Waals surface area contributed by atoms with Crippen molar-refractivity contribution in [3.63, 3.8) is 0 Å². The monoisotopic (exact) mass is 347 g/mol. The maximum absolute atomic E-state index is 11.8. The fourth-order valence-corrected chi connectivity index (χ4v) is 3.01. The molecule has 1 saturated carbocycles. The van der Waals surface area contributed by atoms with Crippen LogP contribution in [0, 0.1) is 0 Å². The highest BCUT2D eigenvalue weighted by molar-refractivity contribution is 5.76. The van der Waals surface area contributed by atoms with Crippen molar-refractivity contribution in [2.75, 3.05) is 5.32 Å². The molecule has 1 aromatic rings. The lowest BCUT2D eigenvalue weighted by Crippen LogP contribution is -2.42. The number of amides is 2. The molecule has 25 heavy (non-hydrogen) atoms. The molecular weight excluding hydrogens is 318 g/mol. The lowest BCUT2D eigenvalue weighted by molar-refractivity contribution is -0.117. The average molecular weight is 347 g/mol. The maximum atomic E-state index is 11.8. The number of benzene rings is 1. The Morgan fingerprint density at radius 3 is 2.16 bits per heavy atom. The van der Waals surface area contributed by atoms with Gasteiger partial charge in [-0.25, -0.2) is 4.79 Å². The summed E-state index contributed by atoms with van der Waals surface area (Å²) in [6, 6.07) is 8.35. The van der Waals surface area contributed by atoms with E-state index in [4.69, 9.17) is 10.5 Å².